The Morgan fingerprint density at radius 2 is 1.97 bits per heavy atom. The smallest absolute Gasteiger partial charge is 0.326 e. The van der Waals surface area contributed by atoms with Gasteiger partial charge in [0.2, 0.25) is 15.9 Å². The molecular weight excluding hydrogens is 447 g/mol. The molecule has 30 heavy (non-hydrogen) atoms. The lowest BCUT2D eigenvalue weighted by molar-refractivity contribution is -0.137. The number of aromatic nitrogens is 3. The lowest BCUT2D eigenvalue weighted by Crippen LogP contribution is -2.25. The number of nitrogens with one attached hydrogen (secondary N) is 2. The van der Waals surface area contributed by atoms with Crippen molar-refractivity contribution < 1.29 is 26.4 Å². The summed E-state index contributed by atoms with van der Waals surface area (Å²) in [6.07, 6.45) is -3.24. The minimum absolute atomic E-state index is 0.0246. The van der Waals surface area contributed by atoms with Crippen LogP contribution in [0.4, 0.5) is 18.9 Å². The van der Waals surface area contributed by atoms with Crippen molar-refractivity contribution in [2.45, 2.75) is 30.5 Å². The largest absolute Gasteiger partial charge is 0.417 e. The Bertz CT molecular complexity index is 1270. The normalized spacial score (nSPS) is 14.6. The topological polar surface area (TPSA) is 105 Å². The van der Waals surface area contributed by atoms with Crippen LogP contribution in [0, 0.1) is 0 Å². The number of sulfonamides is 1. The van der Waals surface area contributed by atoms with Crippen molar-refractivity contribution in [1.82, 2.24) is 19.3 Å². The van der Waals surface area contributed by atoms with Gasteiger partial charge in [0, 0.05) is 18.3 Å². The molecule has 8 nitrogen and oxygen atoms in total. The average molecular weight is 460 g/mol. The van der Waals surface area contributed by atoms with Crippen LogP contribution in [0.1, 0.15) is 23.4 Å². The zero-order valence-electron chi connectivity index (χ0n) is 15.0. The molecule has 3 heterocycles. The van der Waals surface area contributed by atoms with Crippen LogP contribution < -0.4 is 10.0 Å². The van der Waals surface area contributed by atoms with Crippen LogP contribution in [0.2, 0.25) is 5.02 Å². The number of alkyl halides is 3. The van der Waals surface area contributed by atoms with E-state index < -0.39 is 28.3 Å². The summed E-state index contributed by atoms with van der Waals surface area (Å²) in [5.41, 5.74) is 0.180. The minimum atomic E-state index is -4.64. The van der Waals surface area contributed by atoms with E-state index in [1.807, 2.05) is 0 Å². The number of amides is 1. The zero-order valence-corrected chi connectivity index (χ0v) is 16.6. The highest BCUT2D eigenvalue weighted by atomic mass is 35.5. The number of anilines is 1. The van der Waals surface area contributed by atoms with Crippen LogP contribution >= 0.6 is 11.6 Å². The van der Waals surface area contributed by atoms with Crippen molar-refractivity contribution in [3.05, 3.63) is 52.4 Å². The number of hydrogen-bond acceptors (Lipinski definition) is 5. The van der Waals surface area contributed by atoms with Gasteiger partial charge in [0.05, 0.1) is 22.0 Å². The zero-order chi connectivity index (χ0) is 21.7. The molecule has 4 rings (SSSR count). The first-order valence-corrected chi connectivity index (χ1v) is 10.4. The van der Waals surface area contributed by atoms with Crippen molar-refractivity contribution in [3.8, 4) is 0 Å². The summed E-state index contributed by atoms with van der Waals surface area (Å²) in [4.78, 5) is 11.4. The number of carbonyl (C=O) groups is 1. The van der Waals surface area contributed by atoms with Crippen molar-refractivity contribution in [3.63, 3.8) is 0 Å². The number of pyridine rings is 1. The summed E-state index contributed by atoms with van der Waals surface area (Å²) in [7, 11) is -4.00. The minimum Gasteiger partial charge on any atom is -0.326 e. The molecule has 2 aromatic heterocycles. The van der Waals surface area contributed by atoms with Gasteiger partial charge in [0.1, 0.15) is 0 Å². The fourth-order valence-corrected chi connectivity index (χ4v) is 4.32. The first-order chi connectivity index (χ1) is 14.0. The van der Waals surface area contributed by atoms with E-state index in [-0.39, 0.29) is 33.7 Å². The first-order valence-electron chi connectivity index (χ1n) is 8.57. The van der Waals surface area contributed by atoms with Gasteiger partial charge in [0.25, 0.3) is 0 Å². The molecule has 13 heteroatoms. The van der Waals surface area contributed by atoms with Crippen LogP contribution in [-0.4, -0.2) is 28.9 Å². The lowest BCUT2D eigenvalue weighted by Gasteiger charge is -2.17. The van der Waals surface area contributed by atoms with Crippen molar-refractivity contribution >= 4 is 38.9 Å². The molecule has 0 saturated heterocycles. The molecule has 2 N–H and O–H groups in total. The van der Waals surface area contributed by atoms with Crippen LogP contribution in [0.3, 0.4) is 0 Å². The molecule has 0 bridgehead atoms. The molecule has 1 amide bonds. The second-order valence-corrected chi connectivity index (χ2v) is 8.75. The molecule has 0 aliphatic carbocycles. The average Bonchev–Trinajstić information content (AvgIpc) is 3.09. The Morgan fingerprint density at radius 1 is 1.20 bits per heavy atom. The van der Waals surface area contributed by atoms with Crippen molar-refractivity contribution in [2.75, 3.05) is 5.32 Å². The second-order valence-electron chi connectivity index (χ2n) is 6.58. The van der Waals surface area contributed by atoms with Gasteiger partial charge in [-0.1, -0.05) is 11.6 Å². The van der Waals surface area contributed by atoms with E-state index in [0.29, 0.717) is 17.7 Å². The first kappa shape index (κ1) is 20.6. The third kappa shape index (κ3) is 3.85. The summed E-state index contributed by atoms with van der Waals surface area (Å²) in [5, 5.41) is 9.85. The molecule has 0 unspecified atom stereocenters. The molecule has 1 aliphatic rings. The molecule has 3 aromatic rings. The van der Waals surface area contributed by atoms with Crippen molar-refractivity contribution in [2.24, 2.45) is 0 Å². The highest BCUT2D eigenvalue weighted by molar-refractivity contribution is 7.89. The summed E-state index contributed by atoms with van der Waals surface area (Å²) in [5.74, 6) is -0.210. The Hall–Kier alpha value is -2.70. The molecule has 0 spiro atoms. The van der Waals surface area contributed by atoms with Crippen LogP contribution in [0.15, 0.2) is 35.4 Å². The molecule has 0 radical (unpaired) electrons. The molecule has 0 saturated carbocycles. The van der Waals surface area contributed by atoms with Gasteiger partial charge in [-0.3, -0.25) is 9.20 Å². The van der Waals surface area contributed by atoms with Crippen LogP contribution in [0.25, 0.3) is 5.65 Å². The van der Waals surface area contributed by atoms with E-state index in [4.69, 9.17) is 11.6 Å². The molecule has 0 fully saturated rings. The monoisotopic (exact) mass is 459 g/mol. The van der Waals surface area contributed by atoms with E-state index in [1.165, 1.54) is 18.2 Å². The van der Waals surface area contributed by atoms with Gasteiger partial charge in [-0.05, 0) is 36.2 Å². The quantitative estimate of drug-likeness (QED) is 0.624. The Balaban J connectivity index is 1.61. The SMILES string of the molecule is O=C1CCc2cc(S(=O)(=O)NCc3nnc4c(Cl)cc(C(F)(F)F)cn34)ccc2N1. The maximum atomic E-state index is 13.0. The van der Waals surface area contributed by atoms with E-state index in [2.05, 4.69) is 20.2 Å². The number of carbonyl (C=O) groups excluding carboxylic acids is 1. The predicted molar refractivity (Wildman–Crippen MR) is 100 cm³/mol. The Morgan fingerprint density at radius 3 is 2.70 bits per heavy atom. The number of hydrogen-bond donors (Lipinski definition) is 2. The third-order valence-corrected chi connectivity index (χ3v) is 6.24. The number of fused-ring (bicyclic) bond motifs is 2. The summed E-state index contributed by atoms with van der Waals surface area (Å²) < 4.78 is 67.7. The standard InChI is InChI=1S/C17H13ClF3N5O3S/c18-12-6-10(17(19,20)21)8-26-14(24-25-16(12)26)7-22-30(28,29)11-2-3-13-9(5-11)1-4-15(27)23-13/h2-3,5-6,8,22H,1,4,7H2,(H,23,27). The van der Waals surface area contributed by atoms with E-state index in [9.17, 15) is 26.4 Å². The lowest BCUT2D eigenvalue weighted by atomic mass is 10.0. The molecule has 0 atom stereocenters. The van der Waals surface area contributed by atoms with E-state index in [0.717, 1.165) is 16.7 Å². The van der Waals surface area contributed by atoms with Crippen LogP contribution in [-0.2, 0) is 34.0 Å². The number of aryl methyl sites for hydroxylation is 1. The van der Waals surface area contributed by atoms with Gasteiger partial charge in [0.15, 0.2) is 11.5 Å². The Labute approximate surface area is 173 Å². The number of rotatable bonds is 4. The summed E-state index contributed by atoms with van der Waals surface area (Å²) in [6.45, 7) is -0.408. The predicted octanol–water partition coefficient (Wildman–Crippen LogP) is 2.76. The number of halogens is 4. The maximum absolute atomic E-state index is 13.0. The molecule has 1 aromatic carbocycles. The summed E-state index contributed by atoms with van der Waals surface area (Å²) >= 11 is 5.85. The van der Waals surface area contributed by atoms with Gasteiger partial charge in [-0.15, -0.1) is 10.2 Å². The number of nitrogens with zero attached hydrogens (tertiary/aromatic N) is 3. The molecule has 158 valence electrons. The van der Waals surface area contributed by atoms with E-state index in [1.54, 1.807) is 0 Å². The number of benzene rings is 1. The summed E-state index contributed by atoms with van der Waals surface area (Å²) in [6, 6.07) is 4.99. The van der Waals surface area contributed by atoms with Crippen LogP contribution in [0.5, 0.6) is 0 Å². The van der Waals surface area contributed by atoms with Gasteiger partial charge < -0.3 is 5.32 Å². The van der Waals surface area contributed by atoms with Gasteiger partial charge >= 0.3 is 6.18 Å². The van der Waals surface area contributed by atoms with Crippen molar-refractivity contribution in [1.29, 1.82) is 0 Å². The fraction of sp³-hybridized carbons (Fsp3) is 0.235. The highest BCUT2D eigenvalue weighted by Crippen LogP contribution is 2.32. The highest BCUT2D eigenvalue weighted by Gasteiger charge is 2.32. The van der Waals surface area contributed by atoms with Gasteiger partial charge in [-0.25, -0.2) is 13.1 Å². The third-order valence-electron chi connectivity index (χ3n) is 4.56. The fourth-order valence-electron chi connectivity index (χ4n) is 3.04. The maximum Gasteiger partial charge on any atom is 0.417 e. The van der Waals surface area contributed by atoms with E-state index >= 15 is 0 Å². The molecular formula is C17H13ClF3N5O3S. The van der Waals surface area contributed by atoms with Gasteiger partial charge in [-0.2, -0.15) is 13.2 Å². The molecule has 1 aliphatic heterocycles. The second kappa shape index (κ2) is 7.22. The Kier molecular flexibility index (Phi) is 4.95.